The average Bonchev–Trinajstić information content (AvgIpc) is 2.71. The van der Waals surface area contributed by atoms with Crippen LogP contribution in [0.3, 0.4) is 0 Å². The lowest BCUT2D eigenvalue weighted by molar-refractivity contribution is -0.384. The highest BCUT2D eigenvalue weighted by atomic mass is 35.5. The fraction of sp³-hybridized carbons (Fsp3) is 0.294. The number of rotatable bonds is 3. The van der Waals surface area contributed by atoms with Crippen LogP contribution in [-0.4, -0.2) is 4.92 Å². The van der Waals surface area contributed by atoms with E-state index in [1.807, 2.05) is 24.3 Å². The predicted molar refractivity (Wildman–Crippen MR) is 89.2 cm³/mol. The number of non-ortho nitro benzene ring substituents is 1. The highest BCUT2D eigenvalue weighted by molar-refractivity contribution is 5.85. The Morgan fingerprint density at radius 3 is 2.59 bits per heavy atom. The van der Waals surface area contributed by atoms with Gasteiger partial charge in [0.1, 0.15) is 0 Å². The molecule has 3 rings (SSSR count). The number of benzene rings is 2. The van der Waals surface area contributed by atoms with Gasteiger partial charge in [0.05, 0.1) is 4.92 Å². The summed E-state index contributed by atoms with van der Waals surface area (Å²) >= 11 is 0. The lowest BCUT2D eigenvalue weighted by Crippen LogP contribution is -2.42. The van der Waals surface area contributed by atoms with E-state index in [9.17, 15) is 10.1 Å². The number of halogens is 1. The predicted octanol–water partition coefficient (Wildman–Crippen LogP) is 3.61. The number of nitro benzene ring substituents is 1. The summed E-state index contributed by atoms with van der Waals surface area (Å²) in [6.07, 6.45) is 1.54. The number of fused-ring (bicyclic) bond motifs is 1. The van der Waals surface area contributed by atoms with E-state index in [0.717, 1.165) is 24.0 Å². The van der Waals surface area contributed by atoms with E-state index >= 15 is 0 Å². The molecule has 116 valence electrons. The van der Waals surface area contributed by atoms with Crippen LogP contribution in [0.5, 0.6) is 0 Å². The van der Waals surface area contributed by atoms with Gasteiger partial charge in [-0.1, -0.05) is 43.3 Å². The maximum atomic E-state index is 10.9. The Morgan fingerprint density at radius 2 is 1.95 bits per heavy atom. The second-order valence-corrected chi connectivity index (χ2v) is 5.91. The smallest absolute Gasteiger partial charge is 0.269 e. The number of nitro groups is 1. The minimum absolute atomic E-state index is 0. The molecule has 0 radical (unpaired) electrons. The Kier molecular flexibility index (Phi) is 4.54. The summed E-state index contributed by atoms with van der Waals surface area (Å²) in [6.45, 7) is 2.12. The van der Waals surface area contributed by atoms with E-state index in [4.69, 9.17) is 5.73 Å². The van der Waals surface area contributed by atoms with E-state index in [1.54, 1.807) is 12.1 Å². The zero-order valence-electron chi connectivity index (χ0n) is 12.4. The Morgan fingerprint density at radius 1 is 1.27 bits per heavy atom. The third-order valence-corrected chi connectivity index (χ3v) is 4.55. The van der Waals surface area contributed by atoms with Crippen molar-refractivity contribution in [1.82, 2.24) is 0 Å². The van der Waals surface area contributed by atoms with Crippen molar-refractivity contribution in [1.29, 1.82) is 0 Å². The number of nitrogens with zero attached hydrogens (tertiary/aromatic N) is 1. The second-order valence-electron chi connectivity index (χ2n) is 5.91. The first-order chi connectivity index (χ1) is 10.0. The van der Waals surface area contributed by atoms with Crippen molar-refractivity contribution in [2.75, 3.05) is 0 Å². The maximum Gasteiger partial charge on any atom is 0.269 e. The molecule has 2 aromatic rings. The van der Waals surface area contributed by atoms with Crippen LogP contribution in [0.25, 0.3) is 0 Å². The van der Waals surface area contributed by atoms with Crippen LogP contribution in [-0.2, 0) is 18.4 Å². The third kappa shape index (κ3) is 2.72. The van der Waals surface area contributed by atoms with Crippen LogP contribution in [0, 0.1) is 16.0 Å². The van der Waals surface area contributed by atoms with Gasteiger partial charge >= 0.3 is 0 Å². The average molecular weight is 319 g/mol. The quantitative estimate of drug-likeness (QED) is 0.694. The molecule has 5 heteroatoms. The molecule has 4 nitrogen and oxygen atoms in total. The summed E-state index contributed by atoms with van der Waals surface area (Å²) in [5.41, 5.74) is 9.64. The molecule has 0 spiro atoms. The molecule has 2 aromatic carbocycles. The Hall–Kier alpha value is -1.91. The first-order valence-electron chi connectivity index (χ1n) is 7.11. The first kappa shape index (κ1) is 16.5. The molecule has 1 aliphatic rings. The van der Waals surface area contributed by atoms with Gasteiger partial charge in [0.15, 0.2) is 0 Å². The van der Waals surface area contributed by atoms with Crippen LogP contribution >= 0.6 is 12.4 Å². The van der Waals surface area contributed by atoms with Gasteiger partial charge in [0.25, 0.3) is 5.69 Å². The molecule has 2 unspecified atom stereocenters. The lowest BCUT2D eigenvalue weighted by Gasteiger charge is -2.30. The summed E-state index contributed by atoms with van der Waals surface area (Å²) in [5.74, 6) is 0.259. The normalized spacial score (nSPS) is 22.7. The van der Waals surface area contributed by atoms with Gasteiger partial charge in [-0.2, -0.15) is 0 Å². The lowest BCUT2D eigenvalue weighted by atomic mass is 9.80. The van der Waals surface area contributed by atoms with Crippen molar-refractivity contribution < 1.29 is 4.92 Å². The Bertz CT molecular complexity index is 690. The third-order valence-electron chi connectivity index (χ3n) is 4.55. The molecule has 0 fully saturated rings. The molecule has 1 aliphatic carbocycles. The van der Waals surface area contributed by atoms with Gasteiger partial charge < -0.3 is 5.73 Å². The second kappa shape index (κ2) is 6.07. The minimum Gasteiger partial charge on any atom is -0.321 e. The van der Waals surface area contributed by atoms with Crippen molar-refractivity contribution in [3.63, 3.8) is 0 Å². The van der Waals surface area contributed by atoms with E-state index in [1.165, 1.54) is 5.56 Å². The molecule has 0 heterocycles. The van der Waals surface area contributed by atoms with Crippen LogP contribution in [0.1, 0.15) is 23.6 Å². The van der Waals surface area contributed by atoms with Crippen LogP contribution in [0.4, 0.5) is 5.69 Å². The highest BCUT2D eigenvalue weighted by Gasteiger charge is 2.41. The molecular formula is C17H19ClN2O2. The number of hydrogen-bond acceptors (Lipinski definition) is 3. The Labute approximate surface area is 135 Å². The summed E-state index contributed by atoms with van der Waals surface area (Å²) in [6, 6.07) is 15.2. The van der Waals surface area contributed by atoms with Gasteiger partial charge in [0.2, 0.25) is 0 Å². The molecule has 2 N–H and O–H groups in total. The minimum atomic E-state index is -0.453. The fourth-order valence-electron chi connectivity index (χ4n) is 3.30. The fourth-order valence-corrected chi connectivity index (χ4v) is 3.30. The molecule has 0 bridgehead atoms. The SMILES string of the molecule is CC1Cc2cc([N+](=O)[O-])ccc2C1(N)Cc1ccccc1.Cl. The van der Waals surface area contributed by atoms with Crippen LogP contribution in [0.15, 0.2) is 48.5 Å². The molecule has 0 saturated carbocycles. The van der Waals surface area contributed by atoms with Crippen molar-refractivity contribution >= 4 is 18.1 Å². The van der Waals surface area contributed by atoms with Crippen molar-refractivity contribution in [2.45, 2.75) is 25.3 Å². The summed E-state index contributed by atoms with van der Waals surface area (Å²) in [5, 5.41) is 10.9. The molecule has 0 aliphatic heterocycles. The van der Waals surface area contributed by atoms with Gasteiger partial charge in [-0.3, -0.25) is 10.1 Å². The van der Waals surface area contributed by atoms with E-state index in [-0.39, 0.29) is 28.9 Å². The molecule has 0 saturated heterocycles. The van der Waals surface area contributed by atoms with Crippen LogP contribution in [0.2, 0.25) is 0 Å². The highest BCUT2D eigenvalue weighted by Crippen LogP contribution is 2.42. The maximum absolute atomic E-state index is 10.9. The zero-order chi connectivity index (χ0) is 15.0. The van der Waals surface area contributed by atoms with Crippen molar-refractivity contribution in [2.24, 2.45) is 11.7 Å². The van der Waals surface area contributed by atoms with E-state index in [2.05, 4.69) is 19.1 Å². The van der Waals surface area contributed by atoms with Gasteiger partial charge in [-0.15, -0.1) is 12.4 Å². The molecular weight excluding hydrogens is 300 g/mol. The summed E-state index contributed by atoms with van der Waals surface area (Å²) < 4.78 is 0. The van der Waals surface area contributed by atoms with Crippen molar-refractivity contribution in [3.05, 3.63) is 75.3 Å². The largest absolute Gasteiger partial charge is 0.321 e. The van der Waals surface area contributed by atoms with E-state index in [0.29, 0.717) is 0 Å². The molecule has 0 aromatic heterocycles. The molecule has 2 atom stereocenters. The Balaban J connectivity index is 0.00000176. The number of hydrogen-bond donors (Lipinski definition) is 1. The monoisotopic (exact) mass is 318 g/mol. The van der Waals surface area contributed by atoms with Gasteiger partial charge in [0, 0.05) is 17.7 Å². The molecule has 0 amide bonds. The van der Waals surface area contributed by atoms with E-state index < -0.39 is 5.54 Å². The van der Waals surface area contributed by atoms with Crippen LogP contribution < -0.4 is 5.73 Å². The number of nitrogens with two attached hydrogens (primary N) is 1. The standard InChI is InChI=1S/C17H18N2O2.ClH/c1-12-9-14-10-15(19(20)21)7-8-16(14)17(12,18)11-13-5-3-2-4-6-13;/h2-8,10,12H,9,11,18H2,1H3;1H. The van der Waals surface area contributed by atoms with Gasteiger partial charge in [-0.05, 0) is 35.4 Å². The summed E-state index contributed by atoms with van der Waals surface area (Å²) in [7, 11) is 0. The summed E-state index contributed by atoms with van der Waals surface area (Å²) in [4.78, 5) is 10.6. The first-order valence-corrected chi connectivity index (χ1v) is 7.11. The molecule has 22 heavy (non-hydrogen) atoms. The topological polar surface area (TPSA) is 69.2 Å². The van der Waals surface area contributed by atoms with Crippen molar-refractivity contribution in [3.8, 4) is 0 Å². The zero-order valence-corrected chi connectivity index (χ0v) is 13.2. The van der Waals surface area contributed by atoms with Gasteiger partial charge in [-0.25, -0.2) is 0 Å².